The Morgan fingerprint density at radius 2 is 2.17 bits per heavy atom. The molecule has 0 aliphatic carbocycles. The highest BCUT2D eigenvalue weighted by Crippen LogP contribution is 2.30. The second-order valence-electron chi connectivity index (χ2n) is 5.35. The first-order valence-corrected chi connectivity index (χ1v) is 7.75. The van der Waals surface area contributed by atoms with Crippen LogP contribution >= 0.6 is 11.6 Å². The normalized spacial score (nSPS) is 17.7. The zero-order chi connectivity index (χ0) is 17.1. The first-order chi connectivity index (χ1) is 11.6. The molecule has 1 N–H and O–H groups in total. The summed E-state index contributed by atoms with van der Waals surface area (Å²) in [6.07, 6.45) is 0.511. The smallest absolute Gasteiger partial charge is 0.306 e. The van der Waals surface area contributed by atoms with Crippen LogP contribution < -0.4 is 0 Å². The summed E-state index contributed by atoms with van der Waals surface area (Å²) in [5.41, 5.74) is 0.731. The molecule has 2 aromatic rings. The molecule has 1 aliphatic heterocycles. The van der Waals surface area contributed by atoms with Crippen LogP contribution in [0.1, 0.15) is 16.9 Å². The van der Waals surface area contributed by atoms with E-state index in [-0.39, 0.29) is 31.2 Å². The van der Waals surface area contributed by atoms with Gasteiger partial charge in [0.2, 0.25) is 0 Å². The highest BCUT2D eigenvalue weighted by atomic mass is 35.5. The quantitative estimate of drug-likeness (QED) is 0.909. The molecule has 1 aromatic heterocycles. The Kier molecular flexibility index (Phi) is 4.82. The molecule has 2 heterocycles. The van der Waals surface area contributed by atoms with Crippen molar-refractivity contribution >= 4 is 23.5 Å². The monoisotopic (exact) mass is 350 g/mol. The molecule has 126 valence electrons. The predicted octanol–water partition coefficient (Wildman–Crippen LogP) is 2.31. The number of carbonyl (C=O) groups excluding carboxylic acids is 1. The van der Waals surface area contributed by atoms with Crippen molar-refractivity contribution in [3.63, 3.8) is 0 Å². The molecule has 0 saturated carbocycles. The fourth-order valence-electron chi connectivity index (χ4n) is 2.61. The number of rotatable bonds is 4. The lowest BCUT2D eigenvalue weighted by Gasteiger charge is -2.31. The van der Waals surface area contributed by atoms with E-state index in [2.05, 4.69) is 4.98 Å². The van der Waals surface area contributed by atoms with Crippen LogP contribution in [-0.2, 0) is 9.53 Å². The molecule has 1 aromatic carbocycles. The van der Waals surface area contributed by atoms with E-state index >= 15 is 0 Å². The molecule has 0 bridgehead atoms. The van der Waals surface area contributed by atoms with Crippen LogP contribution in [-0.4, -0.2) is 52.7 Å². The topological polar surface area (TPSA) is 92.9 Å². The SMILES string of the molecule is O=C(O)C[C@H]1CN(C(=O)c2ncoc2-c2ccccc2Cl)CCO1. The van der Waals surface area contributed by atoms with E-state index in [4.69, 9.17) is 25.9 Å². The average Bonchev–Trinajstić information content (AvgIpc) is 3.03. The zero-order valence-corrected chi connectivity index (χ0v) is 13.4. The van der Waals surface area contributed by atoms with Crippen LogP contribution in [0, 0.1) is 0 Å². The van der Waals surface area contributed by atoms with Crippen LogP contribution in [0.5, 0.6) is 0 Å². The van der Waals surface area contributed by atoms with Crippen molar-refractivity contribution in [1.82, 2.24) is 9.88 Å². The first kappa shape index (κ1) is 16.5. The molecule has 3 rings (SSSR count). The molecule has 0 unspecified atom stereocenters. The standard InChI is InChI=1S/C16H15ClN2O5/c17-12-4-2-1-3-11(12)15-14(18-9-24-15)16(22)19-5-6-23-10(8-19)7-13(20)21/h1-4,9-10H,5-8H2,(H,20,21)/t10-/m0/s1. The Labute approximate surface area is 142 Å². The van der Waals surface area contributed by atoms with Crippen molar-refractivity contribution in [2.45, 2.75) is 12.5 Å². The third-order valence-corrected chi connectivity index (χ3v) is 4.05. The summed E-state index contributed by atoms with van der Waals surface area (Å²) in [5.74, 6) is -1.00. The van der Waals surface area contributed by atoms with Gasteiger partial charge in [-0.25, -0.2) is 4.98 Å². The molecular weight excluding hydrogens is 336 g/mol. The number of amides is 1. The Morgan fingerprint density at radius 1 is 1.38 bits per heavy atom. The van der Waals surface area contributed by atoms with Crippen LogP contribution in [0.15, 0.2) is 35.1 Å². The van der Waals surface area contributed by atoms with Crippen molar-refractivity contribution in [3.8, 4) is 11.3 Å². The summed E-state index contributed by atoms with van der Waals surface area (Å²) >= 11 is 6.16. The lowest BCUT2D eigenvalue weighted by atomic mass is 10.1. The van der Waals surface area contributed by atoms with Gasteiger partial charge in [-0.2, -0.15) is 0 Å². The number of benzene rings is 1. The first-order valence-electron chi connectivity index (χ1n) is 7.37. The number of nitrogens with zero attached hydrogens (tertiary/aromatic N) is 2. The molecule has 1 aliphatic rings. The van der Waals surface area contributed by atoms with Crippen molar-refractivity contribution in [3.05, 3.63) is 41.4 Å². The summed E-state index contributed by atoms with van der Waals surface area (Å²) in [6, 6.07) is 7.01. The van der Waals surface area contributed by atoms with E-state index < -0.39 is 12.1 Å². The maximum atomic E-state index is 12.8. The van der Waals surface area contributed by atoms with E-state index in [1.54, 1.807) is 24.3 Å². The van der Waals surface area contributed by atoms with Gasteiger partial charge in [0, 0.05) is 18.7 Å². The third kappa shape index (κ3) is 3.42. The highest BCUT2D eigenvalue weighted by molar-refractivity contribution is 6.33. The van der Waals surface area contributed by atoms with Crippen molar-refractivity contribution in [2.75, 3.05) is 19.7 Å². The lowest BCUT2D eigenvalue weighted by molar-refractivity contribution is -0.141. The molecule has 1 saturated heterocycles. The number of halogens is 1. The fourth-order valence-corrected chi connectivity index (χ4v) is 2.83. The van der Waals surface area contributed by atoms with E-state index in [1.807, 2.05) is 0 Å². The summed E-state index contributed by atoms with van der Waals surface area (Å²) in [5, 5.41) is 9.33. The number of ether oxygens (including phenoxy) is 1. The average molecular weight is 351 g/mol. The molecule has 8 heteroatoms. The molecular formula is C16H15ClN2O5. The second-order valence-corrected chi connectivity index (χ2v) is 5.76. The number of carboxylic acid groups (broad SMARTS) is 1. The van der Waals surface area contributed by atoms with E-state index in [0.29, 0.717) is 22.9 Å². The van der Waals surface area contributed by atoms with E-state index in [9.17, 15) is 9.59 Å². The number of hydrogen-bond acceptors (Lipinski definition) is 5. The Balaban J connectivity index is 1.83. The van der Waals surface area contributed by atoms with Gasteiger partial charge in [-0.15, -0.1) is 0 Å². The van der Waals surface area contributed by atoms with Gasteiger partial charge in [0.15, 0.2) is 17.8 Å². The van der Waals surface area contributed by atoms with E-state index in [0.717, 1.165) is 0 Å². The van der Waals surface area contributed by atoms with Gasteiger partial charge in [0.25, 0.3) is 5.91 Å². The van der Waals surface area contributed by atoms with Gasteiger partial charge in [0.05, 0.1) is 24.2 Å². The minimum atomic E-state index is -0.965. The molecule has 1 amide bonds. The Hall–Kier alpha value is -2.38. The number of hydrogen-bond donors (Lipinski definition) is 1. The number of morpholine rings is 1. The molecule has 0 radical (unpaired) electrons. The zero-order valence-electron chi connectivity index (χ0n) is 12.6. The maximum Gasteiger partial charge on any atom is 0.306 e. The Bertz CT molecular complexity index is 760. The number of carboxylic acids is 1. The minimum absolute atomic E-state index is 0.152. The number of aliphatic carboxylic acids is 1. The summed E-state index contributed by atoms with van der Waals surface area (Å²) < 4.78 is 10.7. The minimum Gasteiger partial charge on any atom is -0.481 e. The van der Waals surface area contributed by atoms with Crippen molar-refractivity contribution < 1.29 is 23.8 Å². The van der Waals surface area contributed by atoms with Crippen LogP contribution in [0.3, 0.4) is 0 Å². The van der Waals surface area contributed by atoms with Gasteiger partial charge >= 0.3 is 5.97 Å². The largest absolute Gasteiger partial charge is 0.481 e. The van der Waals surface area contributed by atoms with Crippen molar-refractivity contribution in [2.24, 2.45) is 0 Å². The van der Waals surface area contributed by atoms with Crippen LogP contribution in [0.4, 0.5) is 0 Å². The van der Waals surface area contributed by atoms with E-state index in [1.165, 1.54) is 11.3 Å². The lowest BCUT2D eigenvalue weighted by Crippen LogP contribution is -2.46. The van der Waals surface area contributed by atoms with Gasteiger partial charge in [0.1, 0.15) is 0 Å². The number of carbonyl (C=O) groups is 2. The molecule has 1 atom stereocenters. The Morgan fingerprint density at radius 3 is 2.92 bits per heavy atom. The summed E-state index contributed by atoms with van der Waals surface area (Å²) in [4.78, 5) is 29.1. The van der Waals surface area contributed by atoms with Gasteiger partial charge < -0.3 is 19.2 Å². The summed E-state index contributed by atoms with van der Waals surface area (Å²) in [7, 11) is 0. The molecule has 7 nitrogen and oxygen atoms in total. The fraction of sp³-hybridized carbons (Fsp3) is 0.312. The molecule has 0 spiro atoms. The van der Waals surface area contributed by atoms with Crippen molar-refractivity contribution in [1.29, 1.82) is 0 Å². The maximum absolute atomic E-state index is 12.8. The van der Waals surface area contributed by atoms with Gasteiger partial charge in [-0.3, -0.25) is 9.59 Å². The third-order valence-electron chi connectivity index (χ3n) is 3.72. The second kappa shape index (κ2) is 7.02. The molecule has 1 fully saturated rings. The number of aromatic nitrogens is 1. The van der Waals surface area contributed by atoms with Crippen LogP contribution in [0.25, 0.3) is 11.3 Å². The highest BCUT2D eigenvalue weighted by Gasteiger charge is 2.30. The predicted molar refractivity (Wildman–Crippen MR) is 84.8 cm³/mol. The summed E-state index contributed by atoms with van der Waals surface area (Å²) in [6.45, 7) is 0.840. The van der Waals surface area contributed by atoms with Crippen LogP contribution in [0.2, 0.25) is 5.02 Å². The van der Waals surface area contributed by atoms with Gasteiger partial charge in [-0.1, -0.05) is 23.7 Å². The number of oxazole rings is 1. The molecule has 24 heavy (non-hydrogen) atoms. The van der Waals surface area contributed by atoms with Gasteiger partial charge in [-0.05, 0) is 12.1 Å².